The topological polar surface area (TPSA) is 55.8 Å². The highest BCUT2D eigenvalue weighted by Gasteiger charge is 2.17. The van der Waals surface area contributed by atoms with E-state index in [1.54, 1.807) is 0 Å². The Balaban J connectivity index is 3.75. The molecular formula is C12H23NO4. The number of methoxy groups -OCH3 is 1. The molecule has 0 amide bonds. The van der Waals surface area contributed by atoms with Gasteiger partial charge in [0.05, 0.1) is 13.7 Å². The van der Waals surface area contributed by atoms with Gasteiger partial charge >= 0.3 is 11.9 Å². The minimum Gasteiger partial charge on any atom is -0.469 e. The van der Waals surface area contributed by atoms with Crippen molar-refractivity contribution in [2.75, 3.05) is 27.2 Å². The fraction of sp³-hybridized carbons (Fsp3) is 0.833. The second kappa shape index (κ2) is 7.27. The van der Waals surface area contributed by atoms with Gasteiger partial charge in [-0.1, -0.05) is 0 Å². The first kappa shape index (κ1) is 15.9. The van der Waals surface area contributed by atoms with E-state index in [0.717, 1.165) is 0 Å². The molecule has 0 aliphatic heterocycles. The number of carbonyl (C=O) groups is 2. The van der Waals surface area contributed by atoms with Crippen molar-refractivity contribution in [2.24, 2.45) is 0 Å². The Morgan fingerprint density at radius 3 is 2.24 bits per heavy atom. The Hall–Kier alpha value is -1.10. The maximum Gasteiger partial charge on any atom is 0.320 e. The summed E-state index contributed by atoms with van der Waals surface area (Å²) in [6.07, 6.45) is 1.04. The summed E-state index contributed by atoms with van der Waals surface area (Å²) < 4.78 is 9.71. The fourth-order valence-corrected chi connectivity index (χ4v) is 1.27. The Morgan fingerprint density at radius 1 is 1.18 bits per heavy atom. The van der Waals surface area contributed by atoms with Crippen LogP contribution < -0.4 is 0 Å². The van der Waals surface area contributed by atoms with E-state index in [2.05, 4.69) is 4.74 Å². The van der Waals surface area contributed by atoms with Crippen molar-refractivity contribution in [3.8, 4) is 0 Å². The summed E-state index contributed by atoms with van der Waals surface area (Å²) in [5.74, 6) is -0.478. The maximum atomic E-state index is 11.5. The lowest BCUT2D eigenvalue weighted by Crippen LogP contribution is -2.33. The molecule has 0 N–H and O–H groups in total. The zero-order valence-corrected chi connectivity index (χ0v) is 11.4. The molecule has 0 aromatic heterocycles. The van der Waals surface area contributed by atoms with E-state index >= 15 is 0 Å². The minimum atomic E-state index is -0.454. The lowest BCUT2D eigenvalue weighted by atomic mass is 10.2. The first-order valence-electron chi connectivity index (χ1n) is 5.72. The third kappa shape index (κ3) is 9.81. The van der Waals surface area contributed by atoms with E-state index in [9.17, 15) is 9.59 Å². The van der Waals surface area contributed by atoms with Crippen LogP contribution in [-0.2, 0) is 19.1 Å². The highest BCUT2D eigenvalue weighted by Crippen LogP contribution is 2.07. The summed E-state index contributed by atoms with van der Waals surface area (Å²) in [6.45, 7) is 6.40. The Kier molecular flexibility index (Phi) is 6.80. The molecule has 100 valence electrons. The van der Waals surface area contributed by atoms with Crippen LogP contribution in [-0.4, -0.2) is 49.7 Å². The van der Waals surface area contributed by atoms with Crippen LogP contribution >= 0.6 is 0 Å². The van der Waals surface area contributed by atoms with Gasteiger partial charge in [-0.05, 0) is 40.8 Å². The standard InChI is InChI=1S/C12H23NO4/c1-12(2,3)17-11(15)9-13(4)8-6-7-10(14)16-5/h6-9H2,1-5H3. The lowest BCUT2D eigenvalue weighted by molar-refractivity contribution is -0.155. The van der Waals surface area contributed by atoms with Crippen LogP contribution in [0.1, 0.15) is 33.6 Å². The van der Waals surface area contributed by atoms with Gasteiger partial charge in [-0.25, -0.2) is 0 Å². The smallest absolute Gasteiger partial charge is 0.320 e. The molecule has 0 rings (SSSR count). The zero-order chi connectivity index (χ0) is 13.5. The van der Waals surface area contributed by atoms with Gasteiger partial charge in [0.15, 0.2) is 0 Å². The second-order valence-corrected chi connectivity index (χ2v) is 5.00. The molecular weight excluding hydrogens is 222 g/mol. The van der Waals surface area contributed by atoms with Crippen molar-refractivity contribution in [1.29, 1.82) is 0 Å². The Morgan fingerprint density at radius 2 is 1.76 bits per heavy atom. The molecule has 0 radical (unpaired) electrons. The van der Waals surface area contributed by atoms with Crippen molar-refractivity contribution in [3.05, 3.63) is 0 Å². The number of likely N-dealkylation sites (N-methyl/N-ethyl adjacent to an activating group) is 1. The number of carbonyl (C=O) groups excluding carboxylic acids is 2. The van der Waals surface area contributed by atoms with E-state index in [1.807, 2.05) is 32.7 Å². The minimum absolute atomic E-state index is 0.226. The number of ether oxygens (including phenoxy) is 2. The predicted molar refractivity (Wildman–Crippen MR) is 64.6 cm³/mol. The molecule has 0 saturated heterocycles. The number of hydrogen-bond acceptors (Lipinski definition) is 5. The fourth-order valence-electron chi connectivity index (χ4n) is 1.27. The van der Waals surface area contributed by atoms with Crippen LogP contribution in [0.3, 0.4) is 0 Å². The maximum absolute atomic E-state index is 11.5. The van der Waals surface area contributed by atoms with Gasteiger partial charge in [-0.2, -0.15) is 0 Å². The average Bonchev–Trinajstić information content (AvgIpc) is 2.13. The second-order valence-electron chi connectivity index (χ2n) is 5.00. The quantitative estimate of drug-likeness (QED) is 0.658. The van der Waals surface area contributed by atoms with E-state index in [1.165, 1.54) is 7.11 Å². The van der Waals surface area contributed by atoms with Crippen LogP contribution in [0.4, 0.5) is 0 Å². The molecule has 5 nitrogen and oxygen atoms in total. The van der Waals surface area contributed by atoms with Crippen molar-refractivity contribution >= 4 is 11.9 Å². The van der Waals surface area contributed by atoms with Crippen molar-refractivity contribution in [2.45, 2.75) is 39.2 Å². The lowest BCUT2D eigenvalue weighted by Gasteiger charge is -2.22. The van der Waals surface area contributed by atoms with Gasteiger partial charge in [-0.15, -0.1) is 0 Å². The first-order chi connectivity index (χ1) is 7.74. The van der Waals surface area contributed by atoms with E-state index in [0.29, 0.717) is 19.4 Å². The van der Waals surface area contributed by atoms with Crippen molar-refractivity contribution < 1.29 is 19.1 Å². The number of esters is 2. The molecule has 0 fully saturated rings. The molecule has 0 unspecified atom stereocenters. The van der Waals surface area contributed by atoms with Gasteiger partial charge in [0.2, 0.25) is 0 Å². The predicted octanol–water partition coefficient (Wildman–Crippen LogP) is 1.21. The molecule has 5 heteroatoms. The first-order valence-corrected chi connectivity index (χ1v) is 5.72. The summed E-state index contributed by atoms with van der Waals surface area (Å²) in [4.78, 5) is 24.2. The largest absolute Gasteiger partial charge is 0.469 e. The molecule has 0 bridgehead atoms. The molecule has 0 spiro atoms. The van der Waals surface area contributed by atoms with Crippen molar-refractivity contribution in [3.63, 3.8) is 0 Å². The van der Waals surface area contributed by atoms with Crippen LogP contribution in [0.25, 0.3) is 0 Å². The van der Waals surface area contributed by atoms with Gasteiger partial charge < -0.3 is 9.47 Å². The molecule has 0 saturated carbocycles. The van der Waals surface area contributed by atoms with Gasteiger partial charge in [-0.3, -0.25) is 14.5 Å². The van der Waals surface area contributed by atoms with Gasteiger partial charge in [0, 0.05) is 6.42 Å². The van der Waals surface area contributed by atoms with Crippen molar-refractivity contribution in [1.82, 2.24) is 4.90 Å². The SMILES string of the molecule is COC(=O)CCCN(C)CC(=O)OC(C)(C)C. The third-order valence-electron chi connectivity index (χ3n) is 1.97. The molecule has 0 aromatic rings. The molecule has 0 heterocycles. The Labute approximate surface area is 103 Å². The number of rotatable bonds is 6. The highest BCUT2D eigenvalue weighted by atomic mass is 16.6. The molecule has 0 aromatic carbocycles. The molecule has 17 heavy (non-hydrogen) atoms. The average molecular weight is 245 g/mol. The number of hydrogen-bond donors (Lipinski definition) is 0. The number of nitrogens with zero attached hydrogens (tertiary/aromatic N) is 1. The van der Waals surface area contributed by atoms with E-state index in [4.69, 9.17) is 4.74 Å². The van der Waals surface area contributed by atoms with Crippen LogP contribution in [0, 0.1) is 0 Å². The van der Waals surface area contributed by atoms with Gasteiger partial charge in [0.1, 0.15) is 5.60 Å². The van der Waals surface area contributed by atoms with E-state index in [-0.39, 0.29) is 18.5 Å². The summed E-state index contributed by atoms with van der Waals surface area (Å²) in [7, 11) is 3.19. The summed E-state index contributed by atoms with van der Waals surface area (Å²) in [5.41, 5.74) is -0.454. The summed E-state index contributed by atoms with van der Waals surface area (Å²) >= 11 is 0. The monoisotopic (exact) mass is 245 g/mol. The summed E-state index contributed by atoms with van der Waals surface area (Å²) in [6, 6.07) is 0. The highest BCUT2D eigenvalue weighted by molar-refractivity contribution is 5.72. The normalized spacial score (nSPS) is 11.4. The van der Waals surface area contributed by atoms with Crippen LogP contribution in [0.15, 0.2) is 0 Å². The Bertz CT molecular complexity index is 258. The third-order valence-corrected chi connectivity index (χ3v) is 1.97. The zero-order valence-electron chi connectivity index (χ0n) is 11.4. The molecule has 0 aliphatic rings. The van der Waals surface area contributed by atoms with Crippen LogP contribution in [0.5, 0.6) is 0 Å². The van der Waals surface area contributed by atoms with Gasteiger partial charge in [0.25, 0.3) is 0 Å². The van der Waals surface area contributed by atoms with E-state index < -0.39 is 5.60 Å². The summed E-state index contributed by atoms with van der Waals surface area (Å²) in [5, 5.41) is 0. The molecule has 0 atom stereocenters. The molecule has 0 aliphatic carbocycles. The van der Waals surface area contributed by atoms with Crippen LogP contribution in [0.2, 0.25) is 0 Å².